The number of carbonyl (C=O) groups excluding carboxylic acids is 2. The number of anilines is 1. The van der Waals surface area contributed by atoms with Gasteiger partial charge in [-0.3, -0.25) is 24.6 Å². The number of non-ortho nitro benzene ring substituents is 1. The summed E-state index contributed by atoms with van der Waals surface area (Å²) in [5.41, 5.74) is 1.19. The molecule has 0 aromatic heterocycles. The molecule has 7 nitrogen and oxygen atoms in total. The first kappa shape index (κ1) is 12.7. The molecule has 1 N–H and O–H groups in total. The lowest BCUT2D eigenvalue weighted by atomic mass is 10.1. The second-order valence-corrected chi connectivity index (χ2v) is 4.14. The summed E-state index contributed by atoms with van der Waals surface area (Å²) in [6.07, 6.45) is 1.17. The number of likely N-dealkylation sites (N-methyl/N-ethyl adjacent to an activating group) is 1. The summed E-state index contributed by atoms with van der Waals surface area (Å²) < 4.78 is 0. The van der Waals surface area contributed by atoms with Gasteiger partial charge in [-0.1, -0.05) is 6.07 Å². The maximum atomic E-state index is 11.7. The van der Waals surface area contributed by atoms with Crippen molar-refractivity contribution in [1.29, 1.82) is 0 Å². The Morgan fingerprint density at radius 3 is 2.53 bits per heavy atom. The van der Waals surface area contributed by atoms with Gasteiger partial charge in [0.1, 0.15) is 5.70 Å². The molecular formula is C12H11N3O4. The predicted molar refractivity (Wildman–Crippen MR) is 67.3 cm³/mol. The minimum absolute atomic E-state index is 0.0844. The molecule has 1 aliphatic rings. The van der Waals surface area contributed by atoms with Gasteiger partial charge in [-0.15, -0.1) is 0 Å². The molecule has 1 aliphatic heterocycles. The maximum absolute atomic E-state index is 11.7. The highest BCUT2D eigenvalue weighted by Gasteiger charge is 2.28. The van der Waals surface area contributed by atoms with E-state index in [2.05, 4.69) is 5.32 Å². The number of amides is 2. The van der Waals surface area contributed by atoms with Crippen molar-refractivity contribution in [2.24, 2.45) is 0 Å². The van der Waals surface area contributed by atoms with Crippen LogP contribution in [0.1, 0.15) is 5.56 Å². The monoisotopic (exact) mass is 261 g/mol. The number of carbonyl (C=O) groups is 2. The van der Waals surface area contributed by atoms with Gasteiger partial charge in [-0.25, -0.2) is 0 Å². The van der Waals surface area contributed by atoms with Crippen LogP contribution in [0.5, 0.6) is 0 Å². The van der Waals surface area contributed by atoms with Crippen molar-refractivity contribution in [3.8, 4) is 0 Å². The van der Waals surface area contributed by atoms with E-state index < -0.39 is 16.7 Å². The lowest BCUT2D eigenvalue weighted by molar-refractivity contribution is -0.384. The highest BCUT2D eigenvalue weighted by Crippen LogP contribution is 2.24. The molecule has 1 aromatic carbocycles. The molecule has 7 heteroatoms. The lowest BCUT2D eigenvalue weighted by Gasteiger charge is -2.10. The van der Waals surface area contributed by atoms with Crippen LogP contribution in [0.3, 0.4) is 0 Å². The Bertz CT molecular complexity index is 621. The second-order valence-electron chi connectivity index (χ2n) is 4.14. The number of nitrogens with zero attached hydrogens (tertiary/aromatic N) is 2. The highest BCUT2D eigenvalue weighted by molar-refractivity contribution is 6.17. The lowest BCUT2D eigenvalue weighted by Crippen LogP contribution is -2.27. The Kier molecular flexibility index (Phi) is 3.04. The molecule has 0 saturated heterocycles. The average Bonchev–Trinajstić information content (AvgIpc) is 2.59. The summed E-state index contributed by atoms with van der Waals surface area (Å²) in [5, 5.41) is 13.5. The van der Waals surface area contributed by atoms with Gasteiger partial charge in [-0.2, -0.15) is 0 Å². The quantitative estimate of drug-likeness (QED) is 0.501. The number of nitro benzene ring substituents is 1. The van der Waals surface area contributed by atoms with Crippen molar-refractivity contribution in [2.45, 2.75) is 6.92 Å². The van der Waals surface area contributed by atoms with E-state index in [4.69, 9.17) is 0 Å². The van der Waals surface area contributed by atoms with Crippen LogP contribution >= 0.6 is 0 Å². The molecule has 0 saturated carbocycles. The minimum Gasteiger partial charge on any atom is -0.350 e. The zero-order valence-corrected chi connectivity index (χ0v) is 10.3. The molecule has 0 unspecified atom stereocenters. The first-order chi connectivity index (χ1) is 8.90. The largest absolute Gasteiger partial charge is 0.350 e. The molecule has 98 valence electrons. The van der Waals surface area contributed by atoms with Gasteiger partial charge in [0.2, 0.25) is 0 Å². The number of aryl methyl sites for hydroxylation is 1. The normalized spacial score (nSPS) is 14.6. The van der Waals surface area contributed by atoms with Gasteiger partial charge in [0.05, 0.1) is 4.92 Å². The molecule has 0 spiro atoms. The van der Waals surface area contributed by atoms with Gasteiger partial charge in [0.25, 0.3) is 17.5 Å². The number of benzene rings is 1. The smallest absolute Gasteiger partial charge is 0.277 e. The van der Waals surface area contributed by atoms with E-state index in [-0.39, 0.29) is 11.4 Å². The first-order valence-corrected chi connectivity index (χ1v) is 5.46. The van der Waals surface area contributed by atoms with E-state index >= 15 is 0 Å². The Balaban J connectivity index is 2.32. The molecule has 0 bridgehead atoms. The molecule has 2 amide bonds. The standard InChI is InChI=1S/C12H11N3O4/c1-7-3-4-8(15(18)19)5-9(7)13-10-6-11(16)14(2)12(10)17/h3-6,13H,1-2H3. The summed E-state index contributed by atoms with van der Waals surface area (Å²) in [6, 6.07) is 4.28. The van der Waals surface area contributed by atoms with Crippen molar-refractivity contribution < 1.29 is 14.5 Å². The Hall–Kier alpha value is -2.70. The molecule has 0 atom stereocenters. The number of hydrogen-bond acceptors (Lipinski definition) is 5. The number of rotatable bonds is 3. The second kappa shape index (κ2) is 4.52. The van der Waals surface area contributed by atoms with Crippen molar-refractivity contribution in [2.75, 3.05) is 12.4 Å². The maximum Gasteiger partial charge on any atom is 0.277 e. The minimum atomic E-state index is -0.521. The van der Waals surface area contributed by atoms with E-state index in [1.807, 2.05) is 0 Å². The number of nitro groups is 1. The fourth-order valence-electron chi connectivity index (χ4n) is 1.66. The van der Waals surface area contributed by atoms with E-state index in [0.717, 1.165) is 10.5 Å². The van der Waals surface area contributed by atoms with E-state index in [9.17, 15) is 19.7 Å². The zero-order valence-electron chi connectivity index (χ0n) is 10.3. The van der Waals surface area contributed by atoms with Crippen LogP contribution in [-0.4, -0.2) is 28.7 Å². The topological polar surface area (TPSA) is 92.6 Å². The van der Waals surface area contributed by atoms with Crippen LogP contribution in [0.4, 0.5) is 11.4 Å². The van der Waals surface area contributed by atoms with E-state index in [0.29, 0.717) is 5.69 Å². The predicted octanol–water partition coefficient (Wildman–Crippen LogP) is 1.20. The number of imide groups is 1. The molecule has 19 heavy (non-hydrogen) atoms. The summed E-state index contributed by atoms with van der Waals surface area (Å²) in [6.45, 7) is 1.75. The van der Waals surface area contributed by atoms with Crippen LogP contribution in [0, 0.1) is 17.0 Å². The van der Waals surface area contributed by atoms with Crippen LogP contribution in [-0.2, 0) is 9.59 Å². The number of nitrogens with one attached hydrogen (secondary N) is 1. The molecule has 0 fully saturated rings. The van der Waals surface area contributed by atoms with Crippen LogP contribution in [0.15, 0.2) is 30.0 Å². The van der Waals surface area contributed by atoms with Crippen LogP contribution < -0.4 is 5.32 Å². The average molecular weight is 261 g/mol. The third kappa shape index (κ3) is 2.30. The SMILES string of the molecule is Cc1ccc([N+](=O)[O-])cc1NC1=CC(=O)N(C)C1=O. The molecule has 0 aliphatic carbocycles. The van der Waals surface area contributed by atoms with Crippen LogP contribution in [0.2, 0.25) is 0 Å². The van der Waals surface area contributed by atoms with E-state index in [1.165, 1.54) is 25.3 Å². The Morgan fingerprint density at radius 1 is 1.32 bits per heavy atom. The molecule has 2 rings (SSSR count). The molecule has 1 aromatic rings. The number of hydrogen-bond donors (Lipinski definition) is 1. The summed E-state index contributed by atoms with van der Waals surface area (Å²) in [7, 11) is 1.37. The highest BCUT2D eigenvalue weighted by atomic mass is 16.6. The van der Waals surface area contributed by atoms with Gasteiger partial charge in [-0.05, 0) is 12.5 Å². The summed E-state index contributed by atoms with van der Waals surface area (Å²) >= 11 is 0. The summed E-state index contributed by atoms with van der Waals surface area (Å²) in [4.78, 5) is 34.2. The van der Waals surface area contributed by atoms with Gasteiger partial charge < -0.3 is 5.32 Å². The van der Waals surface area contributed by atoms with Gasteiger partial charge in [0.15, 0.2) is 0 Å². The Labute approximate surface area is 108 Å². The van der Waals surface area contributed by atoms with Crippen LogP contribution in [0.25, 0.3) is 0 Å². The van der Waals surface area contributed by atoms with Crippen molar-refractivity contribution in [3.63, 3.8) is 0 Å². The molecule has 0 radical (unpaired) electrons. The fourth-order valence-corrected chi connectivity index (χ4v) is 1.66. The first-order valence-electron chi connectivity index (χ1n) is 5.46. The molecular weight excluding hydrogens is 250 g/mol. The van der Waals surface area contributed by atoms with Crippen molar-refractivity contribution >= 4 is 23.2 Å². The van der Waals surface area contributed by atoms with Crippen molar-refractivity contribution in [1.82, 2.24) is 4.90 Å². The zero-order chi connectivity index (χ0) is 14.2. The van der Waals surface area contributed by atoms with Crippen molar-refractivity contribution in [3.05, 3.63) is 45.6 Å². The summed E-state index contributed by atoms with van der Waals surface area (Å²) in [5.74, 6) is -0.883. The van der Waals surface area contributed by atoms with Gasteiger partial charge in [0, 0.05) is 30.9 Å². The Morgan fingerprint density at radius 2 is 2.00 bits per heavy atom. The third-order valence-corrected chi connectivity index (χ3v) is 2.83. The van der Waals surface area contributed by atoms with Gasteiger partial charge >= 0.3 is 0 Å². The van der Waals surface area contributed by atoms with E-state index in [1.54, 1.807) is 13.0 Å². The molecule has 1 heterocycles. The third-order valence-electron chi connectivity index (χ3n) is 2.83. The fraction of sp³-hybridized carbons (Fsp3) is 0.167.